The lowest BCUT2D eigenvalue weighted by Gasteiger charge is -2.23. The minimum absolute atomic E-state index is 0.101. The van der Waals surface area contributed by atoms with Gasteiger partial charge in [0.2, 0.25) is 10.3 Å². The quantitative estimate of drug-likeness (QED) is 0.379. The van der Waals surface area contributed by atoms with Crippen LogP contribution in [0.15, 0.2) is 37.0 Å². The van der Waals surface area contributed by atoms with E-state index in [9.17, 15) is 28.5 Å². The minimum atomic E-state index is -2.68. The highest BCUT2D eigenvalue weighted by molar-refractivity contribution is 7.73. The fourth-order valence-corrected chi connectivity index (χ4v) is 4.09. The average molecular weight is 435 g/mol. The molecule has 2 aromatic rings. The second kappa shape index (κ2) is 7.70. The summed E-state index contributed by atoms with van der Waals surface area (Å²) < 4.78 is 29.7. The van der Waals surface area contributed by atoms with Crippen molar-refractivity contribution < 1.29 is 33.3 Å². The van der Waals surface area contributed by atoms with Crippen LogP contribution in [0.2, 0.25) is 0 Å². The first kappa shape index (κ1) is 20.3. The van der Waals surface area contributed by atoms with E-state index in [1.807, 2.05) is 0 Å². The Hall–Kier alpha value is -2.97. The fourth-order valence-electron chi connectivity index (χ4n) is 3.50. The van der Waals surface area contributed by atoms with Crippen molar-refractivity contribution in [2.45, 2.75) is 30.6 Å². The van der Waals surface area contributed by atoms with Gasteiger partial charge in [0.25, 0.3) is 0 Å². The van der Waals surface area contributed by atoms with E-state index in [0.717, 1.165) is 0 Å². The summed E-state index contributed by atoms with van der Waals surface area (Å²) in [6.45, 7) is 0. The zero-order valence-electron chi connectivity index (χ0n) is 15.2. The third-order valence-electron chi connectivity index (χ3n) is 5.02. The van der Waals surface area contributed by atoms with Gasteiger partial charge >= 0.3 is 0 Å². The highest BCUT2D eigenvalue weighted by atomic mass is 32.2. The van der Waals surface area contributed by atoms with Crippen molar-refractivity contribution in [2.75, 3.05) is 5.73 Å². The Kier molecular flexibility index (Phi) is 5.21. The van der Waals surface area contributed by atoms with Crippen LogP contribution in [-0.4, -0.2) is 78.3 Å². The summed E-state index contributed by atoms with van der Waals surface area (Å²) in [6, 6.07) is 0. The number of aromatic nitrogens is 4. The van der Waals surface area contributed by atoms with E-state index in [-0.39, 0.29) is 21.8 Å². The van der Waals surface area contributed by atoms with Crippen molar-refractivity contribution in [3.8, 4) is 0 Å². The number of carbonyl (C=O) groups excluding carboxylic acids is 1. The first-order valence-corrected chi connectivity index (χ1v) is 9.86. The standard InChI is InChI=1S/C17H17N5O7S/c18-15-9-16(20-5-19-15)22(6-21-9)17-13(26)12(25)14(29-17)11(24)10(23)7-3-1-2-4-8(7)30(27)28/h1-7,11-14,17,24-26H,(H2,18,19,20)/t7?,11?,12-,13+,14+,17+/m0/s1. The van der Waals surface area contributed by atoms with Gasteiger partial charge in [-0.2, -0.15) is 8.42 Å². The van der Waals surface area contributed by atoms with Crippen molar-refractivity contribution in [1.82, 2.24) is 19.5 Å². The zero-order chi connectivity index (χ0) is 21.6. The topological polar surface area (TPSA) is 191 Å². The predicted molar refractivity (Wildman–Crippen MR) is 102 cm³/mol. The average Bonchev–Trinajstić information content (AvgIpc) is 3.29. The van der Waals surface area contributed by atoms with E-state index in [4.69, 9.17) is 10.5 Å². The summed E-state index contributed by atoms with van der Waals surface area (Å²) in [5.74, 6) is -2.03. The maximum absolute atomic E-state index is 12.7. The lowest BCUT2D eigenvalue weighted by atomic mass is 9.89. The number of nitrogens with two attached hydrogens (primary N) is 1. The van der Waals surface area contributed by atoms with Gasteiger partial charge in [-0.25, -0.2) is 15.0 Å². The number of ether oxygens (including phenoxy) is 1. The molecule has 158 valence electrons. The largest absolute Gasteiger partial charge is 0.387 e. The van der Waals surface area contributed by atoms with Gasteiger partial charge in [0, 0.05) is 0 Å². The monoisotopic (exact) mass is 435 g/mol. The molecule has 0 bridgehead atoms. The molecule has 6 atom stereocenters. The van der Waals surface area contributed by atoms with Crippen LogP contribution >= 0.6 is 0 Å². The number of allylic oxidation sites excluding steroid dienone is 4. The molecule has 0 saturated carbocycles. The van der Waals surface area contributed by atoms with Gasteiger partial charge in [0.15, 0.2) is 23.5 Å². The highest BCUT2D eigenvalue weighted by Crippen LogP contribution is 2.34. The highest BCUT2D eigenvalue weighted by Gasteiger charge is 2.50. The fraction of sp³-hybridized carbons (Fsp3) is 0.353. The van der Waals surface area contributed by atoms with Gasteiger partial charge in [-0.15, -0.1) is 0 Å². The number of Topliss-reactive ketones (excluding diaryl/α,β-unsaturated/α-hetero) is 1. The molecule has 0 amide bonds. The van der Waals surface area contributed by atoms with E-state index < -0.39 is 52.6 Å². The van der Waals surface area contributed by atoms with E-state index in [0.29, 0.717) is 0 Å². The number of imidazole rings is 1. The number of anilines is 1. The molecular formula is C17H17N5O7S. The van der Waals surface area contributed by atoms with Gasteiger partial charge in [0.05, 0.1) is 17.1 Å². The third-order valence-corrected chi connectivity index (χ3v) is 5.79. The molecule has 0 aromatic carbocycles. The molecule has 1 aliphatic heterocycles. The molecule has 30 heavy (non-hydrogen) atoms. The number of nitrogen functional groups attached to an aromatic ring is 1. The van der Waals surface area contributed by atoms with Crippen LogP contribution in [0.5, 0.6) is 0 Å². The Bertz CT molecular complexity index is 1200. The number of hydrogen-bond donors (Lipinski definition) is 4. The number of fused-ring (bicyclic) bond motifs is 1. The second-order valence-electron chi connectivity index (χ2n) is 6.76. The number of carbonyl (C=O) groups is 1. The molecule has 13 heteroatoms. The molecule has 5 N–H and O–H groups in total. The minimum Gasteiger partial charge on any atom is -0.387 e. The molecular weight excluding hydrogens is 418 g/mol. The SMILES string of the molecule is Nc1ncnc2c1ncn2[C@@H]1O[C@H](C(O)C(=O)C2C=CC=CC2=S(=O)=O)[C@@H](O)[C@H]1O. The van der Waals surface area contributed by atoms with Gasteiger partial charge in [-0.05, 0) is 6.08 Å². The van der Waals surface area contributed by atoms with Crippen molar-refractivity contribution in [2.24, 2.45) is 5.92 Å². The van der Waals surface area contributed by atoms with Crippen LogP contribution in [0.1, 0.15) is 6.23 Å². The molecule has 0 spiro atoms. The van der Waals surface area contributed by atoms with E-state index in [1.54, 1.807) is 0 Å². The molecule has 1 fully saturated rings. The van der Waals surface area contributed by atoms with Crippen LogP contribution in [0.4, 0.5) is 5.82 Å². The zero-order valence-corrected chi connectivity index (χ0v) is 16.0. The first-order valence-electron chi connectivity index (χ1n) is 8.78. The Labute approximate surface area is 170 Å². The maximum atomic E-state index is 12.7. The van der Waals surface area contributed by atoms with Gasteiger partial charge in [-0.3, -0.25) is 9.36 Å². The van der Waals surface area contributed by atoms with Gasteiger partial charge in [0.1, 0.15) is 36.3 Å². The van der Waals surface area contributed by atoms with E-state index in [1.165, 1.54) is 41.5 Å². The molecule has 4 rings (SSSR count). The molecule has 2 aromatic heterocycles. The van der Waals surface area contributed by atoms with Crippen molar-refractivity contribution >= 4 is 37.9 Å². The Morgan fingerprint density at radius 2 is 1.97 bits per heavy atom. The summed E-state index contributed by atoms with van der Waals surface area (Å²) >= 11 is 0. The van der Waals surface area contributed by atoms with Crippen molar-refractivity contribution in [3.63, 3.8) is 0 Å². The van der Waals surface area contributed by atoms with Crippen molar-refractivity contribution in [1.29, 1.82) is 0 Å². The molecule has 2 aliphatic rings. The molecule has 1 aliphatic carbocycles. The van der Waals surface area contributed by atoms with Crippen LogP contribution in [0, 0.1) is 5.92 Å². The second-order valence-corrected chi connectivity index (χ2v) is 7.70. The number of aliphatic hydroxyl groups is 3. The Morgan fingerprint density at radius 1 is 1.20 bits per heavy atom. The summed E-state index contributed by atoms with van der Waals surface area (Å²) in [5.41, 5.74) is 6.21. The number of ketones is 1. The lowest BCUT2D eigenvalue weighted by molar-refractivity contribution is -0.142. The predicted octanol–water partition coefficient (Wildman–Crippen LogP) is -2.25. The molecule has 2 unspecified atom stereocenters. The van der Waals surface area contributed by atoms with E-state index >= 15 is 0 Å². The van der Waals surface area contributed by atoms with Crippen LogP contribution in [0.25, 0.3) is 11.2 Å². The summed E-state index contributed by atoms with van der Waals surface area (Å²) in [5, 5.41) is 31.4. The molecule has 0 radical (unpaired) electrons. The van der Waals surface area contributed by atoms with Gasteiger partial charge in [-0.1, -0.05) is 18.2 Å². The smallest absolute Gasteiger partial charge is 0.218 e. The normalized spacial score (nSPS) is 29.4. The number of aliphatic hydroxyl groups excluding tert-OH is 3. The Balaban J connectivity index is 1.62. The van der Waals surface area contributed by atoms with Crippen LogP contribution in [-0.2, 0) is 19.8 Å². The number of rotatable bonds is 4. The summed E-state index contributed by atoms with van der Waals surface area (Å²) in [7, 11) is -2.68. The number of nitrogens with zero attached hydrogens (tertiary/aromatic N) is 4. The summed E-state index contributed by atoms with van der Waals surface area (Å²) in [6.07, 6.45) is 0.0880. The van der Waals surface area contributed by atoms with E-state index in [2.05, 4.69) is 15.0 Å². The van der Waals surface area contributed by atoms with Crippen LogP contribution < -0.4 is 5.73 Å². The molecule has 1 saturated heterocycles. The molecule has 3 heterocycles. The Morgan fingerprint density at radius 3 is 2.70 bits per heavy atom. The first-order chi connectivity index (χ1) is 14.3. The van der Waals surface area contributed by atoms with Crippen molar-refractivity contribution in [3.05, 3.63) is 37.0 Å². The number of hydrogen-bond acceptors (Lipinski definition) is 11. The third kappa shape index (κ3) is 3.22. The molecule has 12 nitrogen and oxygen atoms in total. The maximum Gasteiger partial charge on any atom is 0.218 e. The summed E-state index contributed by atoms with van der Waals surface area (Å²) in [4.78, 5) is 24.4. The lowest BCUT2D eigenvalue weighted by Crippen LogP contribution is -2.46. The van der Waals surface area contributed by atoms with Crippen LogP contribution in [0.3, 0.4) is 0 Å². The van der Waals surface area contributed by atoms with Gasteiger partial charge < -0.3 is 25.8 Å².